The molecule has 0 bridgehead atoms. The zero-order valence-corrected chi connectivity index (χ0v) is 9.30. The van der Waals surface area contributed by atoms with E-state index in [1.165, 1.54) is 18.4 Å². The summed E-state index contributed by atoms with van der Waals surface area (Å²) in [6.45, 7) is 4.42. The molecule has 0 amide bonds. The van der Waals surface area contributed by atoms with Gasteiger partial charge in [-0.1, -0.05) is 11.6 Å². The molecule has 2 rings (SSSR count). The molecule has 14 heavy (non-hydrogen) atoms. The van der Waals surface area contributed by atoms with Gasteiger partial charge in [0.15, 0.2) is 0 Å². The molecule has 0 saturated heterocycles. The van der Waals surface area contributed by atoms with E-state index in [1.54, 1.807) is 6.20 Å². The van der Waals surface area contributed by atoms with Crippen molar-refractivity contribution < 1.29 is 0 Å². The highest BCUT2D eigenvalue weighted by Crippen LogP contribution is 2.36. The average molecular weight is 211 g/mol. The van der Waals surface area contributed by atoms with Crippen LogP contribution in [-0.4, -0.2) is 10.5 Å². The van der Waals surface area contributed by atoms with Crippen LogP contribution in [0, 0.1) is 0 Å². The molecule has 1 aliphatic carbocycles. The number of hydrogen-bond acceptors (Lipinski definition) is 2. The predicted octanol–water partition coefficient (Wildman–Crippen LogP) is 2.94. The van der Waals surface area contributed by atoms with Gasteiger partial charge in [-0.05, 0) is 44.4 Å². The summed E-state index contributed by atoms with van der Waals surface area (Å²) >= 11 is 5.84. The zero-order chi connectivity index (χ0) is 10.2. The highest BCUT2D eigenvalue weighted by molar-refractivity contribution is 6.29. The fraction of sp³-hybridized carbons (Fsp3) is 0.545. The Morgan fingerprint density at radius 1 is 1.57 bits per heavy atom. The Bertz CT molecular complexity index is 334. The molecule has 0 radical (unpaired) electrons. The maximum absolute atomic E-state index is 5.84. The highest BCUT2D eigenvalue weighted by Gasteiger charge is 2.38. The summed E-state index contributed by atoms with van der Waals surface area (Å²) in [6.07, 6.45) is 4.30. The molecule has 1 fully saturated rings. The van der Waals surface area contributed by atoms with Gasteiger partial charge < -0.3 is 5.32 Å². The Hall–Kier alpha value is -0.600. The molecule has 0 spiro atoms. The third-order valence-electron chi connectivity index (χ3n) is 2.82. The molecule has 1 N–H and O–H groups in total. The quantitative estimate of drug-likeness (QED) is 0.776. The van der Waals surface area contributed by atoms with Crippen molar-refractivity contribution in [1.29, 1.82) is 0 Å². The number of nitrogens with zero attached hydrogens (tertiary/aromatic N) is 1. The van der Waals surface area contributed by atoms with Crippen molar-refractivity contribution in [2.75, 3.05) is 0 Å². The van der Waals surface area contributed by atoms with Gasteiger partial charge in [-0.3, -0.25) is 0 Å². The highest BCUT2D eigenvalue weighted by atomic mass is 35.5. The fourth-order valence-corrected chi connectivity index (χ4v) is 1.81. The second kappa shape index (κ2) is 3.52. The number of nitrogens with one attached hydrogen (secondary N) is 1. The number of hydrogen-bond donors (Lipinski definition) is 1. The number of pyridine rings is 1. The van der Waals surface area contributed by atoms with E-state index < -0.39 is 0 Å². The Labute approximate surface area is 89.7 Å². The van der Waals surface area contributed by atoms with E-state index in [-0.39, 0.29) is 0 Å². The van der Waals surface area contributed by atoms with Crippen molar-refractivity contribution in [3.05, 3.63) is 29.0 Å². The van der Waals surface area contributed by atoms with Gasteiger partial charge in [0.05, 0.1) is 0 Å². The molecule has 2 nitrogen and oxygen atoms in total. The van der Waals surface area contributed by atoms with Gasteiger partial charge in [0, 0.05) is 17.8 Å². The van der Waals surface area contributed by atoms with Crippen LogP contribution in [0.2, 0.25) is 5.15 Å². The Morgan fingerprint density at radius 2 is 2.29 bits per heavy atom. The molecule has 1 saturated carbocycles. The first-order chi connectivity index (χ1) is 6.59. The maximum Gasteiger partial charge on any atom is 0.129 e. The maximum atomic E-state index is 5.84. The molecule has 1 heterocycles. The monoisotopic (exact) mass is 210 g/mol. The van der Waals surface area contributed by atoms with Gasteiger partial charge >= 0.3 is 0 Å². The summed E-state index contributed by atoms with van der Waals surface area (Å²) < 4.78 is 0. The van der Waals surface area contributed by atoms with E-state index in [0.29, 0.717) is 16.7 Å². The van der Waals surface area contributed by atoms with Gasteiger partial charge in [0.1, 0.15) is 5.15 Å². The summed E-state index contributed by atoms with van der Waals surface area (Å²) in [7, 11) is 0. The minimum absolute atomic E-state index is 0.350. The molecule has 0 aromatic carbocycles. The Morgan fingerprint density at radius 3 is 2.86 bits per heavy atom. The van der Waals surface area contributed by atoms with Crippen molar-refractivity contribution in [3.63, 3.8) is 0 Å². The Kier molecular flexibility index (Phi) is 2.50. The Balaban J connectivity index is 2.06. The third-order valence-corrected chi connectivity index (χ3v) is 3.02. The van der Waals surface area contributed by atoms with Crippen LogP contribution in [0.25, 0.3) is 0 Å². The predicted molar refractivity (Wildman–Crippen MR) is 58.4 cm³/mol. The van der Waals surface area contributed by atoms with Crippen LogP contribution in [0.3, 0.4) is 0 Å². The topological polar surface area (TPSA) is 24.9 Å². The van der Waals surface area contributed by atoms with E-state index in [0.717, 1.165) is 0 Å². The smallest absolute Gasteiger partial charge is 0.129 e. The minimum Gasteiger partial charge on any atom is -0.305 e. The van der Waals surface area contributed by atoms with Crippen molar-refractivity contribution in [1.82, 2.24) is 10.3 Å². The van der Waals surface area contributed by atoms with Crippen molar-refractivity contribution >= 4 is 11.6 Å². The van der Waals surface area contributed by atoms with E-state index in [4.69, 9.17) is 11.6 Å². The van der Waals surface area contributed by atoms with Crippen molar-refractivity contribution in [2.45, 2.75) is 38.3 Å². The van der Waals surface area contributed by atoms with E-state index in [9.17, 15) is 0 Å². The lowest BCUT2D eigenvalue weighted by molar-refractivity contribution is 0.466. The van der Waals surface area contributed by atoms with Crippen LogP contribution < -0.4 is 5.32 Å². The molecular formula is C11H15ClN2. The fourth-order valence-electron chi connectivity index (χ4n) is 1.62. The minimum atomic E-state index is 0.350. The number of rotatable bonds is 3. The molecular weight excluding hydrogens is 196 g/mol. The van der Waals surface area contributed by atoms with Gasteiger partial charge in [0.2, 0.25) is 0 Å². The first-order valence-electron chi connectivity index (χ1n) is 4.98. The lowest BCUT2D eigenvalue weighted by Gasteiger charge is -2.19. The molecule has 1 aliphatic rings. The lowest BCUT2D eigenvalue weighted by atomic mass is 10.1. The number of halogens is 1. The van der Waals surface area contributed by atoms with Crippen LogP contribution in [0.15, 0.2) is 18.3 Å². The average Bonchev–Trinajstić information content (AvgIpc) is 2.83. The van der Waals surface area contributed by atoms with Crippen LogP contribution in [-0.2, 0) is 0 Å². The molecule has 1 unspecified atom stereocenters. The van der Waals surface area contributed by atoms with Crippen molar-refractivity contribution in [3.8, 4) is 0 Å². The molecule has 1 aromatic rings. The van der Waals surface area contributed by atoms with Crippen LogP contribution in [0.4, 0.5) is 0 Å². The van der Waals surface area contributed by atoms with Crippen molar-refractivity contribution in [2.24, 2.45) is 0 Å². The zero-order valence-electron chi connectivity index (χ0n) is 8.55. The molecule has 1 aromatic heterocycles. The lowest BCUT2D eigenvalue weighted by Crippen LogP contribution is -2.30. The first kappa shape index (κ1) is 9.94. The summed E-state index contributed by atoms with van der Waals surface area (Å²) in [5, 5.41) is 4.15. The van der Waals surface area contributed by atoms with Crippen LogP contribution in [0.5, 0.6) is 0 Å². The summed E-state index contributed by atoms with van der Waals surface area (Å²) in [4.78, 5) is 3.97. The third kappa shape index (κ3) is 2.25. The molecule has 76 valence electrons. The normalized spacial score (nSPS) is 20.5. The SMILES string of the molecule is CC(NC1(C)CC1)c1ccnc(Cl)c1. The van der Waals surface area contributed by atoms with Gasteiger partial charge in [-0.25, -0.2) is 4.98 Å². The summed E-state index contributed by atoms with van der Waals surface area (Å²) in [5.74, 6) is 0. The van der Waals surface area contributed by atoms with E-state index >= 15 is 0 Å². The van der Waals surface area contributed by atoms with E-state index in [1.807, 2.05) is 12.1 Å². The van der Waals surface area contributed by atoms with Gasteiger partial charge in [-0.15, -0.1) is 0 Å². The van der Waals surface area contributed by atoms with Gasteiger partial charge in [-0.2, -0.15) is 0 Å². The van der Waals surface area contributed by atoms with Crippen LogP contribution >= 0.6 is 11.6 Å². The molecule has 1 atom stereocenters. The molecule has 3 heteroatoms. The van der Waals surface area contributed by atoms with E-state index in [2.05, 4.69) is 24.1 Å². The molecule has 0 aliphatic heterocycles. The number of aromatic nitrogens is 1. The summed E-state index contributed by atoms with van der Waals surface area (Å²) in [6, 6.07) is 4.28. The van der Waals surface area contributed by atoms with Gasteiger partial charge in [0.25, 0.3) is 0 Å². The standard InChI is InChI=1S/C11H15ClN2/c1-8(14-11(2)4-5-11)9-3-6-13-10(12)7-9/h3,6-8,14H,4-5H2,1-2H3. The summed E-state index contributed by atoms with van der Waals surface area (Å²) in [5.41, 5.74) is 1.56. The second-order valence-electron chi connectivity index (χ2n) is 4.34. The van der Waals surface area contributed by atoms with Crippen LogP contribution in [0.1, 0.15) is 38.3 Å². The largest absolute Gasteiger partial charge is 0.305 e. The second-order valence-corrected chi connectivity index (χ2v) is 4.73. The first-order valence-corrected chi connectivity index (χ1v) is 5.36.